The second kappa shape index (κ2) is 4.37. The summed E-state index contributed by atoms with van der Waals surface area (Å²) < 4.78 is 0. The van der Waals surface area contributed by atoms with Gasteiger partial charge in [0, 0.05) is 24.7 Å². The first-order valence-corrected chi connectivity index (χ1v) is 9.00. The van der Waals surface area contributed by atoms with Gasteiger partial charge in [-0.05, 0) is 75.2 Å². The first-order valence-electron chi connectivity index (χ1n) is 9.00. The summed E-state index contributed by atoms with van der Waals surface area (Å²) in [5, 5.41) is 7.06. The first-order chi connectivity index (χ1) is 10.2. The molecule has 4 saturated carbocycles. The summed E-state index contributed by atoms with van der Waals surface area (Å²) in [4.78, 5) is 14.8. The number of carbonyl (C=O) groups excluding carboxylic acids is 1. The van der Waals surface area contributed by atoms with E-state index in [0.717, 1.165) is 37.4 Å². The number of urea groups is 1. The maximum atomic E-state index is 12.7. The largest absolute Gasteiger partial charge is 0.333 e. The third kappa shape index (κ3) is 2.01. The molecule has 0 unspecified atom stereocenters. The van der Waals surface area contributed by atoms with E-state index in [2.05, 4.69) is 15.5 Å². The van der Waals surface area contributed by atoms with Gasteiger partial charge in [0.15, 0.2) is 0 Å². The van der Waals surface area contributed by atoms with Crippen molar-refractivity contribution < 1.29 is 4.79 Å². The molecule has 0 radical (unpaired) electrons. The maximum Gasteiger partial charge on any atom is 0.317 e. The molecule has 6 aliphatic rings. The van der Waals surface area contributed by atoms with Crippen LogP contribution in [0.15, 0.2) is 0 Å². The number of nitrogens with zero attached hydrogens (tertiary/aromatic N) is 1. The zero-order chi connectivity index (χ0) is 14.0. The molecule has 2 aliphatic heterocycles. The van der Waals surface area contributed by atoms with Crippen LogP contribution in [0.5, 0.6) is 0 Å². The normalized spacial score (nSPS) is 50.5. The number of hydrogen-bond donors (Lipinski definition) is 2. The Labute approximate surface area is 127 Å². The number of fused-ring (bicyclic) bond motifs is 1. The number of rotatable bonds is 1. The van der Waals surface area contributed by atoms with Gasteiger partial charge in [-0.1, -0.05) is 0 Å². The summed E-state index contributed by atoms with van der Waals surface area (Å²) >= 11 is 0. The Morgan fingerprint density at radius 3 is 2.33 bits per heavy atom. The van der Waals surface area contributed by atoms with Crippen LogP contribution in [0.2, 0.25) is 0 Å². The van der Waals surface area contributed by atoms with Crippen LogP contribution in [0.25, 0.3) is 0 Å². The Balaban J connectivity index is 1.28. The van der Waals surface area contributed by atoms with Crippen molar-refractivity contribution in [1.29, 1.82) is 0 Å². The molecule has 2 N–H and O–H groups in total. The van der Waals surface area contributed by atoms with Gasteiger partial charge >= 0.3 is 6.03 Å². The van der Waals surface area contributed by atoms with E-state index in [1.165, 1.54) is 44.9 Å². The van der Waals surface area contributed by atoms with Gasteiger partial charge < -0.3 is 15.5 Å². The van der Waals surface area contributed by atoms with Crippen LogP contribution in [0.4, 0.5) is 4.79 Å². The molecule has 116 valence electrons. The van der Waals surface area contributed by atoms with Crippen molar-refractivity contribution in [2.45, 2.75) is 56.5 Å². The topological polar surface area (TPSA) is 44.4 Å². The number of likely N-dealkylation sites (tertiary alicyclic amines) is 1. The fourth-order valence-electron chi connectivity index (χ4n) is 6.58. The fourth-order valence-corrected chi connectivity index (χ4v) is 6.58. The molecule has 2 amide bonds. The van der Waals surface area contributed by atoms with Gasteiger partial charge in [-0.2, -0.15) is 0 Å². The van der Waals surface area contributed by atoms with E-state index >= 15 is 0 Å². The molecular weight excluding hydrogens is 262 g/mol. The number of hydrogen-bond acceptors (Lipinski definition) is 2. The molecule has 0 aromatic rings. The van der Waals surface area contributed by atoms with Gasteiger partial charge in [-0.3, -0.25) is 0 Å². The molecule has 2 atom stereocenters. The van der Waals surface area contributed by atoms with Crippen LogP contribution in [0.1, 0.15) is 44.9 Å². The zero-order valence-corrected chi connectivity index (χ0v) is 12.8. The van der Waals surface area contributed by atoms with Crippen molar-refractivity contribution in [3.8, 4) is 0 Å². The number of amides is 2. The van der Waals surface area contributed by atoms with Crippen LogP contribution in [-0.2, 0) is 0 Å². The molecule has 4 aliphatic carbocycles. The Hall–Kier alpha value is -0.770. The Morgan fingerprint density at radius 2 is 1.71 bits per heavy atom. The molecule has 6 rings (SSSR count). The molecular formula is C17H27N3O. The standard InChI is InChI=1S/C17H27N3O/c21-16(20-9-14-1-2-18-15(14)10-20)19-17-6-11-3-12(7-17)5-13(4-11)8-17/h11-15,18H,1-10H2,(H,19,21)/t11?,12?,13?,14-,15+,17?/m0/s1. The monoisotopic (exact) mass is 289 g/mol. The van der Waals surface area contributed by atoms with E-state index in [1.807, 2.05) is 0 Å². The Morgan fingerprint density at radius 1 is 1.05 bits per heavy atom. The molecule has 2 heterocycles. The highest BCUT2D eigenvalue weighted by molar-refractivity contribution is 5.75. The lowest BCUT2D eigenvalue weighted by Gasteiger charge is -2.57. The third-order valence-electron chi connectivity index (χ3n) is 7.06. The fraction of sp³-hybridized carbons (Fsp3) is 0.941. The van der Waals surface area contributed by atoms with E-state index in [9.17, 15) is 4.79 Å². The summed E-state index contributed by atoms with van der Waals surface area (Å²) in [5.74, 6) is 3.40. The Kier molecular flexibility index (Phi) is 2.65. The minimum absolute atomic E-state index is 0.164. The van der Waals surface area contributed by atoms with E-state index in [-0.39, 0.29) is 11.6 Å². The van der Waals surface area contributed by atoms with Gasteiger partial charge in [-0.15, -0.1) is 0 Å². The highest BCUT2D eigenvalue weighted by Gasteiger charge is 2.52. The predicted octanol–water partition coefficient (Wildman–Crippen LogP) is 1.96. The zero-order valence-electron chi connectivity index (χ0n) is 12.8. The van der Waals surface area contributed by atoms with E-state index in [1.54, 1.807) is 0 Å². The van der Waals surface area contributed by atoms with E-state index in [0.29, 0.717) is 12.0 Å². The summed E-state index contributed by atoms with van der Waals surface area (Å²) in [5.41, 5.74) is 0.164. The summed E-state index contributed by atoms with van der Waals surface area (Å²) in [7, 11) is 0. The lowest BCUT2D eigenvalue weighted by molar-refractivity contribution is -0.0154. The van der Waals surface area contributed by atoms with Crippen LogP contribution >= 0.6 is 0 Å². The third-order valence-corrected chi connectivity index (χ3v) is 7.06. The first kappa shape index (κ1) is 12.7. The van der Waals surface area contributed by atoms with Crippen molar-refractivity contribution >= 4 is 6.03 Å². The molecule has 4 nitrogen and oxygen atoms in total. The molecule has 21 heavy (non-hydrogen) atoms. The van der Waals surface area contributed by atoms with Crippen molar-refractivity contribution in [1.82, 2.24) is 15.5 Å². The number of carbonyl (C=O) groups is 1. The van der Waals surface area contributed by atoms with Crippen LogP contribution < -0.4 is 10.6 Å². The SMILES string of the molecule is O=C(NC12CC3CC(CC(C3)C1)C2)N1C[C@@H]2CCN[C@@H]2C1. The van der Waals surface area contributed by atoms with Crippen molar-refractivity contribution in [3.63, 3.8) is 0 Å². The molecule has 0 aromatic heterocycles. The summed E-state index contributed by atoms with van der Waals surface area (Å²) in [6.45, 7) is 3.03. The second-order valence-corrected chi connectivity index (χ2v) is 8.64. The van der Waals surface area contributed by atoms with Crippen molar-refractivity contribution in [2.75, 3.05) is 19.6 Å². The van der Waals surface area contributed by atoms with Gasteiger partial charge in [0.2, 0.25) is 0 Å². The predicted molar refractivity (Wildman–Crippen MR) is 80.9 cm³/mol. The minimum Gasteiger partial charge on any atom is -0.333 e. The highest BCUT2D eigenvalue weighted by Crippen LogP contribution is 2.55. The average Bonchev–Trinajstić information content (AvgIpc) is 2.96. The van der Waals surface area contributed by atoms with E-state index in [4.69, 9.17) is 0 Å². The smallest absolute Gasteiger partial charge is 0.317 e. The number of nitrogens with one attached hydrogen (secondary N) is 2. The molecule has 4 bridgehead atoms. The van der Waals surface area contributed by atoms with Crippen LogP contribution in [0.3, 0.4) is 0 Å². The minimum atomic E-state index is 0.164. The van der Waals surface area contributed by atoms with Crippen LogP contribution in [0, 0.1) is 23.7 Å². The van der Waals surface area contributed by atoms with Gasteiger partial charge in [0.05, 0.1) is 0 Å². The Bertz CT molecular complexity index is 416. The summed E-state index contributed by atoms with van der Waals surface area (Å²) in [6, 6.07) is 0.792. The molecule has 0 spiro atoms. The van der Waals surface area contributed by atoms with Gasteiger partial charge in [0.25, 0.3) is 0 Å². The molecule has 2 saturated heterocycles. The molecule has 6 fully saturated rings. The lowest BCUT2D eigenvalue weighted by atomic mass is 9.53. The highest BCUT2D eigenvalue weighted by atomic mass is 16.2. The van der Waals surface area contributed by atoms with E-state index < -0.39 is 0 Å². The lowest BCUT2D eigenvalue weighted by Crippen LogP contribution is -2.61. The van der Waals surface area contributed by atoms with Gasteiger partial charge in [-0.25, -0.2) is 4.79 Å². The van der Waals surface area contributed by atoms with Gasteiger partial charge in [0.1, 0.15) is 0 Å². The van der Waals surface area contributed by atoms with Crippen LogP contribution in [-0.4, -0.2) is 42.1 Å². The average molecular weight is 289 g/mol. The molecule has 4 heteroatoms. The molecule has 0 aromatic carbocycles. The second-order valence-electron chi connectivity index (χ2n) is 8.64. The summed E-state index contributed by atoms with van der Waals surface area (Å²) in [6.07, 6.45) is 9.32. The quantitative estimate of drug-likeness (QED) is 0.775. The van der Waals surface area contributed by atoms with Crippen molar-refractivity contribution in [3.05, 3.63) is 0 Å². The maximum absolute atomic E-state index is 12.7. The van der Waals surface area contributed by atoms with Crippen molar-refractivity contribution in [2.24, 2.45) is 23.7 Å².